The standard InChI is InChI=1S/C28H34N2O/c1-5-7-8-12-19-28(4,6-2)27(31)30-25-18-17-23(24-16-13-20-29-26(24)25)21(3)22-14-10-9-11-15-22/h7-11,13-18,20-21H,5-6,12,19H2,1-4H3,(H,30,31)/b8-7+. The number of allylic oxidation sites excluding steroid dienone is 2. The van der Waals surface area contributed by atoms with E-state index in [4.69, 9.17) is 0 Å². The lowest BCUT2D eigenvalue weighted by Crippen LogP contribution is -2.33. The molecule has 1 aromatic heterocycles. The Bertz CT molecular complexity index is 1040. The van der Waals surface area contributed by atoms with Crippen LogP contribution in [0.5, 0.6) is 0 Å². The molecule has 0 aliphatic heterocycles. The Kier molecular flexibility index (Phi) is 7.62. The summed E-state index contributed by atoms with van der Waals surface area (Å²) < 4.78 is 0. The van der Waals surface area contributed by atoms with Crippen molar-refractivity contribution in [1.29, 1.82) is 0 Å². The molecule has 1 amide bonds. The van der Waals surface area contributed by atoms with E-state index in [0.717, 1.165) is 42.3 Å². The maximum absolute atomic E-state index is 13.3. The molecule has 0 spiro atoms. The van der Waals surface area contributed by atoms with Crippen LogP contribution < -0.4 is 5.32 Å². The summed E-state index contributed by atoms with van der Waals surface area (Å²) in [5, 5.41) is 4.28. The largest absolute Gasteiger partial charge is 0.324 e. The zero-order valence-electron chi connectivity index (χ0n) is 19.2. The fourth-order valence-corrected chi connectivity index (χ4v) is 4.00. The van der Waals surface area contributed by atoms with Crippen LogP contribution in [0.3, 0.4) is 0 Å². The van der Waals surface area contributed by atoms with Crippen LogP contribution in [-0.2, 0) is 4.79 Å². The highest BCUT2D eigenvalue weighted by Gasteiger charge is 2.31. The van der Waals surface area contributed by atoms with E-state index in [0.29, 0.717) is 0 Å². The average molecular weight is 415 g/mol. The van der Waals surface area contributed by atoms with Crippen LogP contribution in [0.4, 0.5) is 5.69 Å². The molecule has 3 aromatic rings. The number of rotatable bonds is 9. The molecule has 1 heterocycles. The zero-order valence-corrected chi connectivity index (χ0v) is 19.2. The van der Waals surface area contributed by atoms with Crippen LogP contribution >= 0.6 is 0 Å². The molecule has 1 N–H and O–H groups in total. The maximum atomic E-state index is 13.3. The van der Waals surface area contributed by atoms with E-state index in [9.17, 15) is 4.79 Å². The second kappa shape index (κ2) is 10.4. The first-order valence-electron chi connectivity index (χ1n) is 11.4. The van der Waals surface area contributed by atoms with Crippen LogP contribution in [0.2, 0.25) is 0 Å². The third-order valence-corrected chi connectivity index (χ3v) is 6.41. The van der Waals surface area contributed by atoms with Crippen molar-refractivity contribution in [2.45, 2.75) is 59.3 Å². The van der Waals surface area contributed by atoms with Crippen LogP contribution in [-0.4, -0.2) is 10.9 Å². The summed E-state index contributed by atoms with van der Waals surface area (Å²) in [6.45, 7) is 8.49. The van der Waals surface area contributed by atoms with Crippen LogP contribution in [0, 0.1) is 5.41 Å². The number of aromatic nitrogens is 1. The van der Waals surface area contributed by atoms with E-state index in [2.05, 4.69) is 86.5 Å². The lowest BCUT2D eigenvalue weighted by Gasteiger charge is -2.27. The molecule has 31 heavy (non-hydrogen) atoms. The molecule has 162 valence electrons. The maximum Gasteiger partial charge on any atom is 0.230 e. The number of hydrogen-bond donors (Lipinski definition) is 1. The minimum atomic E-state index is -0.408. The van der Waals surface area contributed by atoms with Gasteiger partial charge in [-0.3, -0.25) is 9.78 Å². The van der Waals surface area contributed by atoms with Crippen LogP contribution in [0.15, 0.2) is 72.9 Å². The van der Waals surface area contributed by atoms with Gasteiger partial charge in [-0.25, -0.2) is 0 Å². The number of nitrogens with zero attached hydrogens (tertiary/aromatic N) is 1. The number of fused-ring (bicyclic) bond motifs is 1. The van der Waals surface area contributed by atoms with Crippen molar-refractivity contribution in [2.24, 2.45) is 5.41 Å². The van der Waals surface area contributed by atoms with Crippen molar-refractivity contribution >= 4 is 22.5 Å². The van der Waals surface area contributed by atoms with Gasteiger partial charge in [0.15, 0.2) is 0 Å². The highest BCUT2D eigenvalue weighted by atomic mass is 16.2. The van der Waals surface area contributed by atoms with Crippen molar-refractivity contribution in [3.8, 4) is 0 Å². The molecule has 3 nitrogen and oxygen atoms in total. The molecule has 0 radical (unpaired) electrons. The molecule has 0 saturated heterocycles. The van der Waals surface area contributed by atoms with E-state index in [1.165, 1.54) is 11.1 Å². The van der Waals surface area contributed by atoms with Gasteiger partial charge in [0.1, 0.15) is 0 Å². The Morgan fingerprint density at radius 2 is 1.84 bits per heavy atom. The summed E-state index contributed by atoms with van der Waals surface area (Å²) in [6.07, 6.45) is 9.71. The molecule has 2 aromatic carbocycles. The predicted octanol–water partition coefficient (Wildman–Crippen LogP) is 7.49. The number of hydrogen-bond acceptors (Lipinski definition) is 2. The fraction of sp³-hybridized carbons (Fsp3) is 0.357. The summed E-state index contributed by atoms with van der Waals surface area (Å²) in [6, 6.07) is 18.7. The highest BCUT2D eigenvalue weighted by Crippen LogP contribution is 2.35. The molecule has 3 rings (SSSR count). The second-order valence-electron chi connectivity index (χ2n) is 8.52. The van der Waals surface area contributed by atoms with E-state index < -0.39 is 5.41 Å². The van der Waals surface area contributed by atoms with Crippen molar-refractivity contribution in [3.63, 3.8) is 0 Å². The van der Waals surface area contributed by atoms with Crippen molar-refractivity contribution in [3.05, 3.63) is 84.1 Å². The number of carbonyl (C=O) groups excluding carboxylic acids is 1. The van der Waals surface area contributed by atoms with Gasteiger partial charge in [0, 0.05) is 22.9 Å². The Morgan fingerprint density at radius 3 is 2.55 bits per heavy atom. The monoisotopic (exact) mass is 414 g/mol. The van der Waals surface area contributed by atoms with Gasteiger partial charge in [0.05, 0.1) is 11.2 Å². The minimum Gasteiger partial charge on any atom is -0.324 e. The quantitative estimate of drug-likeness (QED) is 0.369. The predicted molar refractivity (Wildman–Crippen MR) is 131 cm³/mol. The van der Waals surface area contributed by atoms with Gasteiger partial charge in [-0.05, 0) is 48.9 Å². The van der Waals surface area contributed by atoms with Gasteiger partial charge in [-0.2, -0.15) is 0 Å². The number of anilines is 1. The first kappa shape index (κ1) is 22.7. The van der Waals surface area contributed by atoms with Gasteiger partial charge < -0.3 is 5.32 Å². The molecular weight excluding hydrogens is 380 g/mol. The first-order valence-corrected chi connectivity index (χ1v) is 11.4. The van der Waals surface area contributed by atoms with Crippen molar-refractivity contribution in [1.82, 2.24) is 4.98 Å². The third-order valence-electron chi connectivity index (χ3n) is 6.41. The molecule has 3 heteroatoms. The van der Waals surface area contributed by atoms with Crippen LogP contribution in [0.1, 0.15) is 70.4 Å². The normalized spacial score (nSPS) is 14.5. The lowest BCUT2D eigenvalue weighted by molar-refractivity contribution is -0.125. The average Bonchev–Trinajstić information content (AvgIpc) is 2.82. The minimum absolute atomic E-state index is 0.0655. The fourth-order valence-electron chi connectivity index (χ4n) is 4.00. The number of benzene rings is 2. The molecule has 0 saturated carbocycles. The number of carbonyl (C=O) groups is 1. The Labute approximate surface area is 186 Å². The molecule has 2 unspecified atom stereocenters. The first-order chi connectivity index (χ1) is 15.0. The molecular formula is C28H34N2O. The summed E-state index contributed by atoms with van der Waals surface area (Å²) in [7, 11) is 0. The van der Waals surface area contributed by atoms with Gasteiger partial charge in [0.2, 0.25) is 5.91 Å². The zero-order chi connectivity index (χ0) is 22.3. The summed E-state index contributed by atoms with van der Waals surface area (Å²) in [4.78, 5) is 17.9. The molecule has 0 aliphatic carbocycles. The second-order valence-corrected chi connectivity index (χ2v) is 8.52. The number of amides is 1. The SMILES string of the molecule is CC/C=C/CCC(C)(CC)C(=O)Nc1ccc(C(C)c2ccccc2)c2cccnc12. The van der Waals surface area contributed by atoms with E-state index in [-0.39, 0.29) is 11.8 Å². The van der Waals surface area contributed by atoms with E-state index in [1.807, 2.05) is 18.2 Å². The van der Waals surface area contributed by atoms with Crippen molar-refractivity contribution < 1.29 is 4.79 Å². The Hall–Kier alpha value is -2.94. The Morgan fingerprint density at radius 1 is 1.06 bits per heavy atom. The Balaban J connectivity index is 1.90. The van der Waals surface area contributed by atoms with E-state index in [1.54, 1.807) is 6.20 Å². The third kappa shape index (κ3) is 5.22. The van der Waals surface area contributed by atoms with Gasteiger partial charge in [0.25, 0.3) is 0 Å². The summed E-state index contributed by atoms with van der Waals surface area (Å²) >= 11 is 0. The lowest BCUT2D eigenvalue weighted by atomic mass is 9.81. The molecule has 0 aliphatic rings. The van der Waals surface area contributed by atoms with Crippen molar-refractivity contribution in [2.75, 3.05) is 5.32 Å². The molecule has 0 bridgehead atoms. The molecule has 0 fully saturated rings. The number of pyridine rings is 1. The van der Waals surface area contributed by atoms with E-state index >= 15 is 0 Å². The van der Waals surface area contributed by atoms with Crippen LogP contribution in [0.25, 0.3) is 10.9 Å². The summed E-state index contributed by atoms with van der Waals surface area (Å²) in [5.74, 6) is 0.305. The van der Waals surface area contributed by atoms with Gasteiger partial charge in [-0.15, -0.1) is 0 Å². The smallest absolute Gasteiger partial charge is 0.230 e. The summed E-state index contributed by atoms with van der Waals surface area (Å²) in [5.41, 5.74) is 3.71. The highest BCUT2D eigenvalue weighted by molar-refractivity contribution is 6.03. The molecule has 2 atom stereocenters. The number of nitrogens with one attached hydrogen (secondary N) is 1. The topological polar surface area (TPSA) is 42.0 Å². The van der Waals surface area contributed by atoms with Gasteiger partial charge in [-0.1, -0.05) is 82.3 Å². The van der Waals surface area contributed by atoms with Gasteiger partial charge >= 0.3 is 0 Å².